The van der Waals surface area contributed by atoms with Crippen LogP contribution in [0.15, 0.2) is 40.9 Å². The van der Waals surface area contributed by atoms with Gasteiger partial charge in [0.2, 0.25) is 0 Å². The lowest BCUT2D eigenvalue weighted by Gasteiger charge is -2.17. The zero-order chi connectivity index (χ0) is 14.7. The van der Waals surface area contributed by atoms with E-state index in [0.29, 0.717) is 0 Å². The van der Waals surface area contributed by atoms with Gasteiger partial charge in [-0.2, -0.15) is 0 Å². The average molecular weight is 338 g/mol. The van der Waals surface area contributed by atoms with Crippen molar-refractivity contribution in [2.24, 2.45) is 0 Å². The fraction of sp³-hybridized carbons (Fsp3) is 0.200. The van der Waals surface area contributed by atoms with Crippen molar-refractivity contribution in [3.05, 3.63) is 46.4 Å². The minimum atomic E-state index is -0.0768. The molecule has 3 N–H and O–H groups in total. The van der Waals surface area contributed by atoms with E-state index in [1.54, 1.807) is 19.2 Å². The number of ether oxygens (including phenoxy) is 1. The van der Waals surface area contributed by atoms with Gasteiger partial charge in [0.1, 0.15) is 17.2 Å². The highest BCUT2D eigenvalue weighted by atomic mass is 79.9. The molecule has 20 heavy (non-hydrogen) atoms. The molecule has 2 aromatic carbocycles. The number of nitrogens with one attached hydrogen (secondary N) is 1. The number of anilines is 1. The lowest BCUT2D eigenvalue weighted by molar-refractivity contribution is 0.414. The summed E-state index contributed by atoms with van der Waals surface area (Å²) in [4.78, 5) is 0. The van der Waals surface area contributed by atoms with E-state index in [1.807, 2.05) is 25.1 Å². The predicted octanol–water partition coefficient (Wildman–Crippen LogP) is 4.04. The van der Waals surface area contributed by atoms with Crippen LogP contribution in [0.5, 0.6) is 17.2 Å². The molecule has 0 aromatic heterocycles. The molecule has 2 aromatic rings. The SMILES string of the molecule is COc1cc(Br)cc(NC(C)c2cc(O)cc(O)c2)c1. The Hall–Kier alpha value is -1.88. The molecule has 2 rings (SSSR count). The molecule has 0 saturated heterocycles. The molecule has 5 heteroatoms. The second-order valence-electron chi connectivity index (χ2n) is 4.53. The van der Waals surface area contributed by atoms with Crippen LogP contribution in [0, 0.1) is 0 Å². The van der Waals surface area contributed by atoms with Gasteiger partial charge in [-0.15, -0.1) is 0 Å². The summed E-state index contributed by atoms with van der Waals surface area (Å²) in [5, 5.41) is 22.3. The number of hydrogen-bond donors (Lipinski definition) is 3. The van der Waals surface area contributed by atoms with E-state index in [0.717, 1.165) is 21.5 Å². The summed E-state index contributed by atoms with van der Waals surface area (Å²) in [7, 11) is 1.61. The summed E-state index contributed by atoms with van der Waals surface area (Å²) in [5.41, 5.74) is 1.67. The lowest BCUT2D eigenvalue weighted by atomic mass is 10.1. The van der Waals surface area contributed by atoms with Crippen molar-refractivity contribution in [3.63, 3.8) is 0 Å². The van der Waals surface area contributed by atoms with Crippen LogP contribution in [0.3, 0.4) is 0 Å². The van der Waals surface area contributed by atoms with Crippen LogP contribution in [-0.2, 0) is 0 Å². The molecular weight excluding hydrogens is 322 g/mol. The highest BCUT2D eigenvalue weighted by Crippen LogP contribution is 2.30. The molecule has 0 amide bonds. The molecule has 4 nitrogen and oxygen atoms in total. The van der Waals surface area contributed by atoms with Crippen LogP contribution < -0.4 is 10.1 Å². The Bertz CT molecular complexity index is 596. The predicted molar refractivity (Wildman–Crippen MR) is 82.5 cm³/mol. The maximum Gasteiger partial charge on any atom is 0.122 e. The fourth-order valence-electron chi connectivity index (χ4n) is 1.97. The van der Waals surface area contributed by atoms with Gasteiger partial charge in [0.05, 0.1) is 7.11 Å². The summed E-state index contributed by atoms with van der Waals surface area (Å²) < 4.78 is 6.12. The highest BCUT2D eigenvalue weighted by molar-refractivity contribution is 9.10. The molecule has 0 aliphatic carbocycles. The summed E-state index contributed by atoms with van der Waals surface area (Å²) in [6.07, 6.45) is 0. The van der Waals surface area contributed by atoms with Gasteiger partial charge in [-0.05, 0) is 36.8 Å². The number of rotatable bonds is 4. The first kappa shape index (κ1) is 14.5. The van der Waals surface area contributed by atoms with E-state index in [2.05, 4.69) is 21.2 Å². The van der Waals surface area contributed by atoms with Crippen LogP contribution in [-0.4, -0.2) is 17.3 Å². The van der Waals surface area contributed by atoms with E-state index in [4.69, 9.17) is 4.74 Å². The molecule has 0 heterocycles. The number of benzene rings is 2. The molecule has 1 unspecified atom stereocenters. The average Bonchev–Trinajstić information content (AvgIpc) is 2.36. The van der Waals surface area contributed by atoms with Gasteiger partial charge in [-0.1, -0.05) is 15.9 Å². The number of hydrogen-bond acceptors (Lipinski definition) is 4. The minimum Gasteiger partial charge on any atom is -0.508 e. The van der Waals surface area contributed by atoms with Gasteiger partial charge >= 0.3 is 0 Å². The number of methoxy groups -OCH3 is 1. The van der Waals surface area contributed by atoms with Gasteiger partial charge in [-0.25, -0.2) is 0 Å². The molecule has 106 valence electrons. The van der Waals surface area contributed by atoms with Crippen molar-refractivity contribution in [1.82, 2.24) is 0 Å². The van der Waals surface area contributed by atoms with Crippen LogP contribution in [0.4, 0.5) is 5.69 Å². The summed E-state index contributed by atoms with van der Waals surface area (Å²) in [6, 6.07) is 10.1. The first-order valence-electron chi connectivity index (χ1n) is 6.12. The Kier molecular flexibility index (Phi) is 4.39. The second-order valence-corrected chi connectivity index (χ2v) is 5.44. The number of halogens is 1. The third-order valence-electron chi connectivity index (χ3n) is 2.92. The van der Waals surface area contributed by atoms with Crippen molar-refractivity contribution in [1.29, 1.82) is 0 Å². The zero-order valence-electron chi connectivity index (χ0n) is 11.2. The van der Waals surface area contributed by atoms with E-state index in [9.17, 15) is 10.2 Å². The van der Waals surface area contributed by atoms with Gasteiger partial charge in [0.15, 0.2) is 0 Å². The van der Waals surface area contributed by atoms with E-state index in [1.165, 1.54) is 6.07 Å². The first-order valence-corrected chi connectivity index (χ1v) is 6.91. The first-order chi connectivity index (χ1) is 9.47. The van der Waals surface area contributed by atoms with Gasteiger partial charge < -0.3 is 20.3 Å². The lowest BCUT2D eigenvalue weighted by Crippen LogP contribution is -2.06. The molecule has 0 radical (unpaired) electrons. The van der Waals surface area contributed by atoms with Gasteiger partial charge in [-0.3, -0.25) is 0 Å². The molecule has 0 aliphatic rings. The molecule has 0 fully saturated rings. The van der Waals surface area contributed by atoms with Crippen molar-refractivity contribution in [2.45, 2.75) is 13.0 Å². The Balaban J connectivity index is 2.22. The normalized spacial score (nSPS) is 11.9. The summed E-state index contributed by atoms with van der Waals surface area (Å²) in [5.74, 6) is 0.828. The Morgan fingerprint density at radius 3 is 2.30 bits per heavy atom. The fourth-order valence-corrected chi connectivity index (χ4v) is 2.44. The molecular formula is C15H16BrNO3. The van der Waals surface area contributed by atoms with E-state index in [-0.39, 0.29) is 17.5 Å². The maximum absolute atomic E-state index is 9.52. The van der Waals surface area contributed by atoms with E-state index < -0.39 is 0 Å². The summed E-state index contributed by atoms with van der Waals surface area (Å²) >= 11 is 3.42. The van der Waals surface area contributed by atoms with Gasteiger partial charge in [0, 0.05) is 28.3 Å². The van der Waals surface area contributed by atoms with Crippen molar-refractivity contribution in [3.8, 4) is 17.2 Å². The van der Waals surface area contributed by atoms with Crippen LogP contribution in [0.1, 0.15) is 18.5 Å². The maximum atomic E-state index is 9.52. The molecule has 0 bridgehead atoms. The standard InChI is InChI=1S/C15H16BrNO3/c1-9(10-3-13(18)8-14(19)4-10)17-12-5-11(16)6-15(7-12)20-2/h3-9,17-19H,1-2H3. The smallest absolute Gasteiger partial charge is 0.122 e. The summed E-state index contributed by atoms with van der Waals surface area (Å²) in [6.45, 7) is 1.95. The zero-order valence-corrected chi connectivity index (χ0v) is 12.8. The number of phenols is 2. The van der Waals surface area contributed by atoms with Crippen molar-refractivity contribution >= 4 is 21.6 Å². The van der Waals surface area contributed by atoms with Crippen LogP contribution in [0.25, 0.3) is 0 Å². The van der Waals surface area contributed by atoms with E-state index >= 15 is 0 Å². The Morgan fingerprint density at radius 1 is 1.05 bits per heavy atom. The second kappa shape index (κ2) is 6.05. The topological polar surface area (TPSA) is 61.7 Å². The highest BCUT2D eigenvalue weighted by Gasteiger charge is 2.09. The number of phenolic OH excluding ortho intramolecular Hbond substituents is 2. The number of aromatic hydroxyl groups is 2. The van der Waals surface area contributed by atoms with Crippen LogP contribution in [0.2, 0.25) is 0 Å². The van der Waals surface area contributed by atoms with Crippen LogP contribution >= 0.6 is 15.9 Å². The minimum absolute atomic E-state index is 0.0421. The van der Waals surface area contributed by atoms with Crippen molar-refractivity contribution in [2.75, 3.05) is 12.4 Å². The monoisotopic (exact) mass is 337 g/mol. The third-order valence-corrected chi connectivity index (χ3v) is 3.37. The quantitative estimate of drug-likeness (QED) is 0.787. The molecule has 0 saturated carbocycles. The molecule has 0 aliphatic heterocycles. The van der Waals surface area contributed by atoms with Gasteiger partial charge in [0.25, 0.3) is 0 Å². The molecule has 1 atom stereocenters. The Morgan fingerprint density at radius 2 is 1.70 bits per heavy atom. The molecule has 0 spiro atoms. The third kappa shape index (κ3) is 3.57. The largest absolute Gasteiger partial charge is 0.508 e. The van der Waals surface area contributed by atoms with Crippen molar-refractivity contribution < 1.29 is 14.9 Å². The Labute approximate surface area is 126 Å².